The molecule has 0 radical (unpaired) electrons. The molecule has 6 heteroatoms. The fourth-order valence-electron chi connectivity index (χ4n) is 1.83. The second-order valence-corrected chi connectivity index (χ2v) is 6.21. The van der Waals surface area contributed by atoms with Gasteiger partial charge in [0.15, 0.2) is 5.82 Å². The molecule has 0 spiro atoms. The van der Waals surface area contributed by atoms with Crippen LogP contribution in [0.1, 0.15) is 12.8 Å². The van der Waals surface area contributed by atoms with Crippen LogP contribution in [0.25, 0.3) is 10.9 Å². The van der Waals surface area contributed by atoms with E-state index >= 15 is 0 Å². The van der Waals surface area contributed by atoms with Gasteiger partial charge in [0.2, 0.25) is 10.0 Å². The van der Waals surface area contributed by atoms with Crippen LogP contribution in [0.15, 0.2) is 24.3 Å². The third-order valence-electron chi connectivity index (χ3n) is 2.87. The van der Waals surface area contributed by atoms with Crippen molar-refractivity contribution in [3.63, 3.8) is 0 Å². The van der Waals surface area contributed by atoms with E-state index in [2.05, 4.69) is 14.9 Å². The highest BCUT2D eigenvalue weighted by Gasteiger charge is 2.28. The van der Waals surface area contributed by atoms with Gasteiger partial charge in [-0.2, -0.15) is 5.10 Å². The fraction of sp³-hybridized carbons (Fsp3) is 0.364. The van der Waals surface area contributed by atoms with Gasteiger partial charge < -0.3 is 0 Å². The molecule has 0 bridgehead atoms. The van der Waals surface area contributed by atoms with E-state index in [1.807, 2.05) is 24.3 Å². The van der Waals surface area contributed by atoms with Crippen molar-refractivity contribution in [2.45, 2.75) is 12.8 Å². The number of nitrogens with one attached hydrogen (secondary N) is 2. The van der Waals surface area contributed by atoms with E-state index in [4.69, 9.17) is 0 Å². The molecule has 0 saturated heterocycles. The SMILES string of the molecule is O=S(=O)(CC1CC1)Nc1n[nH]c2ccccc12. The molecule has 0 aliphatic heterocycles. The van der Waals surface area contributed by atoms with Crippen LogP contribution in [0, 0.1) is 5.92 Å². The Morgan fingerprint density at radius 3 is 2.88 bits per heavy atom. The molecule has 17 heavy (non-hydrogen) atoms. The van der Waals surface area contributed by atoms with Gasteiger partial charge in [0.05, 0.1) is 11.3 Å². The van der Waals surface area contributed by atoms with Gasteiger partial charge >= 0.3 is 0 Å². The molecule has 1 aromatic carbocycles. The van der Waals surface area contributed by atoms with E-state index in [0.717, 1.165) is 23.7 Å². The van der Waals surface area contributed by atoms with Crippen LogP contribution in [0.5, 0.6) is 0 Å². The Morgan fingerprint density at radius 2 is 2.12 bits per heavy atom. The molecular formula is C11H13N3O2S. The first kappa shape index (κ1) is 10.6. The molecule has 1 heterocycles. The van der Waals surface area contributed by atoms with E-state index < -0.39 is 10.0 Å². The van der Waals surface area contributed by atoms with Crippen molar-refractivity contribution in [2.75, 3.05) is 10.5 Å². The number of aromatic nitrogens is 2. The molecule has 2 aromatic rings. The second-order valence-electron chi connectivity index (χ2n) is 4.44. The third-order valence-corrected chi connectivity index (χ3v) is 4.29. The summed E-state index contributed by atoms with van der Waals surface area (Å²) in [7, 11) is -3.27. The lowest BCUT2D eigenvalue weighted by Crippen LogP contribution is -2.18. The molecule has 3 rings (SSSR count). The van der Waals surface area contributed by atoms with Crippen molar-refractivity contribution in [1.29, 1.82) is 0 Å². The standard InChI is InChI=1S/C11H13N3O2S/c15-17(16,7-8-5-6-8)14-11-9-3-1-2-4-10(9)12-13-11/h1-4,8H,5-7H2,(H2,12,13,14). The Kier molecular flexibility index (Phi) is 2.32. The van der Waals surface area contributed by atoms with Gasteiger partial charge in [-0.1, -0.05) is 12.1 Å². The number of nitrogens with zero attached hydrogens (tertiary/aromatic N) is 1. The number of rotatable bonds is 4. The quantitative estimate of drug-likeness (QED) is 0.868. The fourth-order valence-corrected chi connectivity index (χ4v) is 3.31. The maximum absolute atomic E-state index is 11.8. The number of benzene rings is 1. The molecule has 0 atom stereocenters. The second kappa shape index (κ2) is 3.73. The number of fused-ring (bicyclic) bond motifs is 1. The Bertz CT molecular complexity index is 644. The minimum atomic E-state index is -3.27. The Morgan fingerprint density at radius 1 is 1.35 bits per heavy atom. The molecule has 90 valence electrons. The molecule has 1 fully saturated rings. The van der Waals surface area contributed by atoms with Crippen molar-refractivity contribution in [3.05, 3.63) is 24.3 Å². The highest BCUT2D eigenvalue weighted by molar-refractivity contribution is 7.92. The largest absolute Gasteiger partial charge is 0.276 e. The van der Waals surface area contributed by atoms with Gasteiger partial charge in [-0.3, -0.25) is 9.82 Å². The lowest BCUT2D eigenvalue weighted by Gasteiger charge is -2.04. The Labute approximate surface area is 99.3 Å². The van der Waals surface area contributed by atoms with Crippen molar-refractivity contribution in [2.24, 2.45) is 5.92 Å². The van der Waals surface area contributed by atoms with Crippen molar-refractivity contribution in [1.82, 2.24) is 10.2 Å². The zero-order valence-electron chi connectivity index (χ0n) is 9.18. The van der Waals surface area contributed by atoms with Crippen molar-refractivity contribution in [3.8, 4) is 0 Å². The monoisotopic (exact) mass is 251 g/mol. The Hall–Kier alpha value is -1.56. The van der Waals surface area contributed by atoms with E-state index in [0.29, 0.717) is 11.7 Å². The van der Waals surface area contributed by atoms with Crippen LogP contribution in [-0.4, -0.2) is 24.4 Å². The van der Waals surface area contributed by atoms with Gasteiger partial charge in [0.1, 0.15) is 0 Å². The number of aromatic amines is 1. The van der Waals surface area contributed by atoms with Gasteiger partial charge in [-0.05, 0) is 30.9 Å². The highest BCUT2D eigenvalue weighted by Crippen LogP contribution is 2.31. The maximum atomic E-state index is 11.8. The summed E-state index contributed by atoms with van der Waals surface area (Å²) in [6.45, 7) is 0. The normalized spacial score (nSPS) is 16.2. The minimum absolute atomic E-state index is 0.203. The van der Waals surface area contributed by atoms with Gasteiger partial charge in [-0.25, -0.2) is 8.42 Å². The smallest absolute Gasteiger partial charge is 0.234 e. The number of para-hydroxylation sites is 1. The van der Waals surface area contributed by atoms with Crippen molar-refractivity contribution < 1.29 is 8.42 Å². The summed E-state index contributed by atoms with van der Waals surface area (Å²) in [6, 6.07) is 7.44. The lowest BCUT2D eigenvalue weighted by atomic mass is 10.2. The summed E-state index contributed by atoms with van der Waals surface area (Å²) in [5.74, 6) is 0.924. The number of H-pyrrole nitrogens is 1. The lowest BCUT2D eigenvalue weighted by molar-refractivity contribution is 0.597. The van der Waals surface area contributed by atoms with Crippen LogP contribution < -0.4 is 4.72 Å². The van der Waals surface area contributed by atoms with Crippen LogP contribution in [0.2, 0.25) is 0 Å². The first-order chi connectivity index (χ1) is 8.14. The number of hydrogen-bond acceptors (Lipinski definition) is 3. The molecule has 5 nitrogen and oxygen atoms in total. The zero-order valence-corrected chi connectivity index (χ0v) is 10.00. The summed E-state index contributed by atoms with van der Waals surface area (Å²) in [5.41, 5.74) is 0.830. The molecular weight excluding hydrogens is 238 g/mol. The third kappa shape index (κ3) is 2.26. The molecule has 0 unspecified atom stereocenters. The molecule has 1 aliphatic rings. The van der Waals surface area contributed by atoms with E-state index in [-0.39, 0.29) is 5.75 Å². The predicted molar refractivity (Wildman–Crippen MR) is 66.2 cm³/mol. The summed E-state index contributed by atoms with van der Waals surface area (Å²) < 4.78 is 26.2. The van der Waals surface area contributed by atoms with Crippen LogP contribution >= 0.6 is 0 Å². The highest BCUT2D eigenvalue weighted by atomic mass is 32.2. The summed E-state index contributed by atoms with van der Waals surface area (Å²) in [6.07, 6.45) is 2.03. The van der Waals surface area contributed by atoms with Crippen LogP contribution in [0.4, 0.5) is 5.82 Å². The topological polar surface area (TPSA) is 74.8 Å². The van der Waals surface area contributed by atoms with Gasteiger partial charge in [-0.15, -0.1) is 0 Å². The number of sulfonamides is 1. The van der Waals surface area contributed by atoms with E-state index in [9.17, 15) is 8.42 Å². The Balaban J connectivity index is 1.89. The van der Waals surface area contributed by atoms with Gasteiger partial charge in [0.25, 0.3) is 0 Å². The summed E-state index contributed by atoms with van der Waals surface area (Å²) in [4.78, 5) is 0. The average molecular weight is 251 g/mol. The zero-order chi connectivity index (χ0) is 11.9. The molecule has 0 amide bonds. The molecule has 1 aromatic heterocycles. The van der Waals surface area contributed by atoms with Gasteiger partial charge in [0, 0.05) is 5.39 Å². The molecule has 1 aliphatic carbocycles. The average Bonchev–Trinajstić information content (AvgIpc) is 2.99. The number of hydrogen-bond donors (Lipinski definition) is 2. The van der Waals surface area contributed by atoms with Crippen LogP contribution in [-0.2, 0) is 10.0 Å². The number of anilines is 1. The first-order valence-electron chi connectivity index (χ1n) is 5.58. The van der Waals surface area contributed by atoms with Crippen LogP contribution in [0.3, 0.4) is 0 Å². The molecule has 1 saturated carbocycles. The van der Waals surface area contributed by atoms with E-state index in [1.165, 1.54) is 0 Å². The maximum Gasteiger partial charge on any atom is 0.234 e. The minimum Gasteiger partial charge on any atom is -0.276 e. The van der Waals surface area contributed by atoms with E-state index in [1.54, 1.807) is 0 Å². The predicted octanol–water partition coefficient (Wildman–Crippen LogP) is 1.71. The first-order valence-corrected chi connectivity index (χ1v) is 7.23. The van der Waals surface area contributed by atoms with Crippen molar-refractivity contribution >= 4 is 26.7 Å². The molecule has 2 N–H and O–H groups in total. The summed E-state index contributed by atoms with van der Waals surface area (Å²) in [5, 5.41) is 7.59. The summed E-state index contributed by atoms with van der Waals surface area (Å²) >= 11 is 0.